The van der Waals surface area contributed by atoms with E-state index in [4.69, 9.17) is 26.1 Å². The number of aromatic nitrogens is 4. The van der Waals surface area contributed by atoms with Crippen LogP contribution in [0.4, 0.5) is 8.78 Å². The van der Waals surface area contributed by atoms with E-state index in [2.05, 4.69) is 9.97 Å². The second-order valence-corrected chi connectivity index (χ2v) is 10.1. The van der Waals surface area contributed by atoms with E-state index in [1.165, 1.54) is 12.3 Å². The highest BCUT2D eigenvalue weighted by atomic mass is 35.5. The number of fused-ring (bicyclic) bond motifs is 1. The molecular formula is C29H29ClF2N4O3. The van der Waals surface area contributed by atoms with Gasteiger partial charge in [-0.25, -0.2) is 28.5 Å². The molecule has 2 aromatic heterocycles. The number of ether oxygens (including phenoxy) is 2. The third-order valence-electron chi connectivity index (χ3n) is 7.16. The Hall–Kier alpha value is -3.59. The molecule has 1 aliphatic rings. The van der Waals surface area contributed by atoms with Gasteiger partial charge in [-0.1, -0.05) is 30.9 Å². The summed E-state index contributed by atoms with van der Waals surface area (Å²) >= 11 is 6.14. The van der Waals surface area contributed by atoms with Crippen LogP contribution in [0.3, 0.4) is 0 Å². The smallest absolute Gasteiger partial charge is 0.376 e. The van der Waals surface area contributed by atoms with Crippen LogP contribution < -0.4 is 4.74 Å². The number of rotatable bonds is 8. The van der Waals surface area contributed by atoms with Gasteiger partial charge in [0.25, 0.3) is 0 Å². The van der Waals surface area contributed by atoms with Crippen LogP contribution in [0.5, 0.6) is 5.75 Å². The molecule has 4 aromatic rings. The summed E-state index contributed by atoms with van der Waals surface area (Å²) in [6.45, 7) is 3.89. The molecule has 1 atom stereocenters. The van der Waals surface area contributed by atoms with Crippen LogP contribution in [0.1, 0.15) is 61.4 Å². The molecule has 204 valence electrons. The molecule has 2 aromatic carbocycles. The average molecular weight is 555 g/mol. The van der Waals surface area contributed by atoms with Crippen LogP contribution in [-0.4, -0.2) is 38.7 Å². The molecule has 0 bridgehead atoms. The molecule has 1 unspecified atom stereocenters. The summed E-state index contributed by atoms with van der Waals surface area (Å²) in [4.78, 5) is 25.2. The number of esters is 1. The Balaban J connectivity index is 1.57. The summed E-state index contributed by atoms with van der Waals surface area (Å²) in [5.74, 6) is -1.29. The van der Waals surface area contributed by atoms with Gasteiger partial charge in [-0.15, -0.1) is 0 Å². The largest absolute Gasteiger partial charge is 0.488 e. The molecule has 5 rings (SSSR count). The molecule has 10 heteroatoms. The van der Waals surface area contributed by atoms with Gasteiger partial charge in [-0.05, 0) is 56.9 Å². The Bertz CT molecular complexity index is 1490. The summed E-state index contributed by atoms with van der Waals surface area (Å²) in [5.41, 5.74) is 2.12. The van der Waals surface area contributed by atoms with Crippen LogP contribution in [-0.2, 0) is 4.74 Å². The molecule has 0 aliphatic heterocycles. The van der Waals surface area contributed by atoms with Gasteiger partial charge in [-0.3, -0.25) is 0 Å². The van der Waals surface area contributed by atoms with E-state index in [-0.39, 0.29) is 31.0 Å². The Labute approximate surface area is 230 Å². The fourth-order valence-electron chi connectivity index (χ4n) is 5.24. The zero-order chi connectivity index (χ0) is 27.5. The number of benzene rings is 2. The Morgan fingerprint density at radius 3 is 2.51 bits per heavy atom. The lowest BCUT2D eigenvalue weighted by molar-refractivity contribution is 0.0511. The summed E-state index contributed by atoms with van der Waals surface area (Å²) < 4.78 is 42.0. The van der Waals surface area contributed by atoms with Gasteiger partial charge in [-0.2, -0.15) is 0 Å². The van der Waals surface area contributed by atoms with Crippen molar-refractivity contribution in [1.82, 2.24) is 19.5 Å². The number of hydrogen-bond donors (Lipinski definition) is 0. The van der Waals surface area contributed by atoms with Crippen molar-refractivity contribution in [3.05, 3.63) is 70.8 Å². The quantitative estimate of drug-likeness (QED) is 0.216. The lowest BCUT2D eigenvalue weighted by Crippen LogP contribution is -2.28. The maximum Gasteiger partial charge on any atom is 0.376 e. The molecule has 0 saturated heterocycles. The summed E-state index contributed by atoms with van der Waals surface area (Å²) in [6, 6.07) is 9.31. The predicted molar refractivity (Wildman–Crippen MR) is 144 cm³/mol. The van der Waals surface area contributed by atoms with Crippen molar-refractivity contribution in [2.45, 2.75) is 52.0 Å². The second-order valence-electron chi connectivity index (χ2n) is 9.71. The molecule has 1 saturated carbocycles. The zero-order valence-corrected chi connectivity index (χ0v) is 22.5. The molecule has 0 spiro atoms. The van der Waals surface area contributed by atoms with Gasteiger partial charge in [0.15, 0.2) is 17.4 Å². The lowest BCUT2D eigenvalue weighted by Gasteiger charge is -2.32. The van der Waals surface area contributed by atoms with Crippen molar-refractivity contribution in [2.24, 2.45) is 5.92 Å². The Morgan fingerprint density at radius 1 is 1.10 bits per heavy atom. The maximum absolute atomic E-state index is 14.5. The minimum Gasteiger partial charge on any atom is -0.488 e. The standard InChI is InChI=1S/C29H29ClF2N4O3/c1-3-38-29(37)27-33-15-26(17(2)34-27)39-16-25(18-7-5-4-6-8-18)36-24-14-22(32)21(31)13-23(24)35-28(36)19-9-11-20(30)12-10-19/h9-15,18,25H,3-8,16H2,1-2H3. The molecule has 0 radical (unpaired) electrons. The second kappa shape index (κ2) is 11.7. The van der Waals surface area contributed by atoms with E-state index in [1.54, 1.807) is 26.0 Å². The normalized spacial score (nSPS) is 14.9. The van der Waals surface area contributed by atoms with E-state index in [9.17, 15) is 13.6 Å². The van der Waals surface area contributed by atoms with E-state index in [0.717, 1.165) is 43.7 Å². The van der Waals surface area contributed by atoms with Crippen molar-refractivity contribution in [3.63, 3.8) is 0 Å². The minimum atomic E-state index is -0.949. The fraction of sp³-hybridized carbons (Fsp3) is 0.379. The summed E-state index contributed by atoms with van der Waals surface area (Å²) in [5, 5.41) is 0.576. The molecule has 0 amide bonds. The van der Waals surface area contributed by atoms with Gasteiger partial charge in [0.05, 0.1) is 35.6 Å². The molecule has 0 N–H and O–H groups in total. The molecule has 39 heavy (non-hydrogen) atoms. The van der Waals surface area contributed by atoms with E-state index >= 15 is 0 Å². The van der Waals surface area contributed by atoms with Crippen molar-refractivity contribution < 1.29 is 23.0 Å². The van der Waals surface area contributed by atoms with Gasteiger partial charge in [0, 0.05) is 22.7 Å². The first kappa shape index (κ1) is 27.0. The number of hydrogen-bond acceptors (Lipinski definition) is 6. The van der Waals surface area contributed by atoms with E-state index < -0.39 is 17.6 Å². The van der Waals surface area contributed by atoms with Crippen LogP contribution >= 0.6 is 11.6 Å². The maximum atomic E-state index is 14.5. The lowest BCUT2D eigenvalue weighted by atomic mass is 9.83. The number of halogens is 3. The minimum absolute atomic E-state index is 0.0336. The van der Waals surface area contributed by atoms with Crippen LogP contribution in [0, 0.1) is 24.5 Å². The third-order valence-corrected chi connectivity index (χ3v) is 7.41. The first-order valence-electron chi connectivity index (χ1n) is 13.1. The van der Waals surface area contributed by atoms with Crippen LogP contribution in [0.2, 0.25) is 5.02 Å². The topological polar surface area (TPSA) is 79.1 Å². The number of nitrogens with zero attached hydrogens (tertiary/aromatic N) is 4. The summed E-state index contributed by atoms with van der Waals surface area (Å²) in [7, 11) is 0. The van der Waals surface area contributed by atoms with Gasteiger partial charge in [0.1, 0.15) is 12.4 Å². The number of carbonyl (C=O) groups is 1. The molecular weight excluding hydrogens is 526 g/mol. The van der Waals surface area contributed by atoms with Crippen molar-refractivity contribution in [2.75, 3.05) is 13.2 Å². The third kappa shape index (κ3) is 5.73. The van der Waals surface area contributed by atoms with Crippen LogP contribution in [0.15, 0.2) is 42.6 Å². The fourth-order valence-corrected chi connectivity index (χ4v) is 5.36. The average Bonchev–Trinajstić information content (AvgIpc) is 3.28. The highest BCUT2D eigenvalue weighted by Gasteiger charge is 2.31. The SMILES string of the molecule is CCOC(=O)c1ncc(OCC(C2CCCCC2)n2c(-c3ccc(Cl)cc3)nc3cc(F)c(F)cc32)c(C)n1. The first-order valence-corrected chi connectivity index (χ1v) is 13.5. The highest BCUT2D eigenvalue weighted by Crippen LogP contribution is 2.39. The Kier molecular flexibility index (Phi) is 8.07. The number of carbonyl (C=O) groups excluding carboxylic acids is 1. The zero-order valence-electron chi connectivity index (χ0n) is 21.8. The van der Waals surface area contributed by atoms with Gasteiger partial charge in [0.2, 0.25) is 5.82 Å². The van der Waals surface area contributed by atoms with Gasteiger partial charge < -0.3 is 14.0 Å². The van der Waals surface area contributed by atoms with Crippen molar-refractivity contribution >= 4 is 28.6 Å². The van der Waals surface area contributed by atoms with E-state index in [1.807, 2.05) is 16.7 Å². The van der Waals surface area contributed by atoms with E-state index in [0.29, 0.717) is 33.3 Å². The Morgan fingerprint density at radius 2 is 1.82 bits per heavy atom. The highest BCUT2D eigenvalue weighted by molar-refractivity contribution is 6.30. The molecule has 7 nitrogen and oxygen atoms in total. The monoisotopic (exact) mass is 554 g/mol. The summed E-state index contributed by atoms with van der Waals surface area (Å²) in [6.07, 6.45) is 6.70. The molecule has 2 heterocycles. The molecule has 1 fully saturated rings. The van der Waals surface area contributed by atoms with Gasteiger partial charge >= 0.3 is 5.97 Å². The first-order chi connectivity index (χ1) is 18.9. The predicted octanol–water partition coefficient (Wildman–Crippen LogP) is 7.11. The van der Waals surface area contributed by atoms with Crippen molar-refractivity contribution in [3.8, 4) is 17.1 Å². The van der Waals surface area contributed by atoms with Crippen molar-refractivity contribution in [1.29, 1.82) is 0 Å². The number of aryl methyl sites for hydroxylation is 1. The number of imidazole rings is 1. The van der Waals surface area contributed by atoms with Crippen LogP contribution in [0.25, 0.3) is 22.4 Å². The molecule has 1 aliphatic carbocycles.